The van der Waals surface area contributed by atoms with Gasteiger partial charge >= 0.3 is 0 Å². The fourth-order valence-electron chi connectivity index (χ4n) is 2.16. The van der Waals surface area contributed by atoms with E-state index in [4.69, 9.17) is 4.42 Å². The molecule has 0 amide bonds. The van der Waals surface area contributed by atoms with Gasteiger partial charge in [0.15, 0.2) is 11.0 Å². The first kappa shape index (κ1) is 15.8. The molecule has 0 N–H and O–H groups in total. The van der Waals surface area contributed by atoms with Gasteiger partial charge in [0.05, 0.1) is 22.3 Å². The third-order valence-corrected chi connectivity index (χ3v) is 4.54. The highest BCUT2D eigenvalue weighted by Crippen LogP contribution is 2.33. The van der Waals surface area contributed by atoms with E-state index in [0.29, 0.717) is 15.9 Å². The molecule has 0 aliphatic heterocycles. The van der Waals surface area contributed by atoms with Crippen LogP contribution in [0.5, 0.6) is 0 Å². The molecule has 9 heteroatoms. The highest BCUT2D eigenvalue weighted by Gasteiger charge is 2.17. The zero-order valence-electron chi connectivity index (χ0n) is 12.8. The van der Waals surface area contributed by atoms with E-state index in [0.717, 1.165) is 11.3 Å². The maximum Gasteiger partial charge on any atom is 0.270 e. The molecule has 2 heterocycles. The maximum absolute atomic E-state index is 10.8. The molecule has 3 aromatic rings. The van der Waals surface area contributed by atoms with Crippen LogP contribution in [0.25, 0.3) is 11.4 Å². The van der Waals surface area contributed by atoms with Gasteiger partial charge in [-0.3, -0.25) is 10.1 Å². The molecule has 120 valence electrons. The van der Waals surface area contributed by atoms with Crippen molar-refractivity contribution in [2.24, 2.45) is 7.05 Å². The molecule has 24 heavy (non-hydrogen) atoms. The van der Waals surface area contributed by atoms with Gasteiger partial charge < -0.3 is 8.98 Å². The second-order valence-corrected chi connectivity index (χ2v) is 5.92. The van der Waals surface area contributed by atoms with Crippen LogP contribution < -0.4 is 0 Å². The van der Waals surface area contributed by atoms with Crippen LogP contribution in [0.2, 0.25) is 0 Å². The number of benzene rings is 1. The lowest BCUT2D eigenvalue weighted by Crippen LogP contribution is -1.95. The number of non-ortho nitro benzene ring substituents is 1. The van der Waals surface area contributed by atoms with Crippen molar-refractivity contribution in [3.8, 4) is 17.5 Å². The Labute approximate surface area is 140 Å². The van der Waals surface area contributed by atoms with E-state index in [1.807, 2.05) is 20.0 Å². The summed E-state index contributed by atoms with van der Waals surface area (Å²) >= 11 is 1.22. The molecule has 1 aromatic carbocycles. The molecule has 0 saturated carbocycles. The summed E-state index contributed by atoms with van der Waals surface area (Å²) in [5, 5.41) is 28.9. The van der Waals surface area contributed by atoms with Crippen LogP contribution in [0.1, 0.15) is 11.3 Å². The number of nitro groups is 1. The Morgan fingerprint density at radius 3 is 2.79 bits per heavy atom. The topological polar surface area (TPSA) is 111 Å². The van der Waals surface area contributed by atoms with Crippen molar-refractivity contribution in [2.75, 3.05) is 0 Å². The lowest BCUT2D eigenvalue weighted by Gasteiger charge is -2.04. The first-order valence-electron chi connectivity index (χ1n) is 6.81. The van der Waals surface area contributed by atoms with Gasteiger partial charge in [-0.25, -0.2) is 0 Å². The van der Waals surface area contributed by atoms with E-state index in [-0.39, 0.29) is 11.3 Å². The van der Waals surface area contributed by atoms with Crippen molar-refractivity contribution >= 4 is 17.4 Å². The SMILES string of the molecule is Cc1occc1-c1nnc(Sc2ccc([N+](=O)[O-])cc2C#N)n1C. The summed E-state index contributed by atoms with van der Waals surface area (Å²) < 4.78 is 7.06. The number of rotatable bonds is 4. The number of nitro benzene ring substituents is 1. The highest BCUT2D eigenvalue weighted by atomic mass is 32.2. The molecular formula is C15H11N5O3S. The number of nitrogens with zero attached hydrogens (tertiary/aromatic N) is 5. The molecule has 0 bridgehead atoms. The molecule has 0 fully saturated rings. The zero-order chi connectivity index (χ0) is 17.3. The van der Waals surface area contributed by atoms with Crippen molar-refractivity contribution in [3.05, 3.63) is 52.0 Å². The number of aryl methyl sites for hydroxylation is 1. The van der Waals surface area contributed by atoms with Crippen molar-refractivity contribution in [2.45, 2.75) is 17.0 Å². The van der Waals surface area contributed by atoms with Gasteiger partial charge in [-0.2, -0.15) is 5.26 Å². The minimum absolute atomic E-state index is 0.122. The van der Waals surface area contributed by atoms with E-state index < -0.39 is 4.92 Å². The molecule has 0 saturated heterocycles. The van der Waals surface area contributed by atoms with Gasteiger partial charge in [-0.1, -0.05) is 0 Å². The summed E-state index contributed by atoms with van der Waals surface area (Å²) in [6.45, 7) is 1.83. The summed E-state index contributed by atoms with van der Waals surface area (Å²) in [5.74, 6) is 1.37. The van der Waals surface area contributed by atoms with Crippen LogP contribution in [-0.2, 0) is 7.05 Å². The first-order chi connectivity index (χ1) is 11.5. The van der Waals surface area contributed by atoms with Gasteiger partial charge in [0, 0.05) is 24.1 Å². The average Bonchev–Trinajstić information content (AvgIpc) is 3.14. The second kappa shape index (κ2) is 6.17. The van der Waals surface area contributed by atoms with E-state index in [2.05, 4.69) is 10.2 Å². The minimum Gasteiger partial charge on any atom is -0.469 e. The standard InChI is InChI=1S/C15H11N5O3S/c1-9-12(5-6-23-9)14-17-18-15(19(14)2)24-13-4-3-11(20(21)22)7-10(13)8-16/h3-7H,1-2H3. The number of furan rings is 1. The van der Waals surface area contributed by atoms with Crippen molar-refractivity contribution in [1.82, 2.24) is 14.8 Å². The van der Waals surface area contributed by atoms with Crippen LogP contribution in [0.3, 0.4) is 0 Å². The lowest BCUT2D eigenvalue weighted by molar-refractivity contribution is -0.384. The Bertz CT molecular complexity index is 970. The Hall–Kier alpha value is -3.12. The molecule has 0 radical (unpaired) electrons. The Morgan fingerprint density at radius 2 is 2.17 bits per heavy atom. The molecule has 0 atom stereocenters. The van der Waals surface area contributed by atoms with Gasteiger partial charge in [0.2, 0.25) is 0 Å². The van der Waals surface area contributed by atoms with E-state index in [1.165, 1.54) is 23.9 Å². The molecule has 2 aromatic heterocycles. The fraction of sp³-hybridized carbons (Fsp3) is 0.133. The molecule has 0 aliphatic rings. The largest absolute Gasteiger partial charge is 0.469 e. The van der Waals surface area contributed by atoms with Gasteiger partial charge in [-0.05, 0) is 30.8 Å². The third kappa shape index (κ3) is 2.75. The van der Waals surface area contributed by atoms with E-state index >= 15 is 0 Å². The summed E-state index contributed by atoms with van der Waals surface area (Å²) in [7, 11) is 1.81. The van der Waals surface area contributed by atoms with E-state index in [9.17, 15) is 15.4 Å². The van der Waals surface area contributed by atoms with Crippen molar-refractivity contribution < 1.29 is 9.34 Å². The molecule has 8 nitrogen and oxygen atoms in total. The van der Waals surface area contributed by atoms with Crippen molar-refractivity contribution in [1.29, 1.82) is 5.26 Å². The van der Waals surface area contributed by atoms with Crippen LogP contribution in [0.15, 0.2) is 45.0 Å². The lowest BCUT2D eigenvalue weighted by atomic mass is 10.2. The Morgan fingerprint density at radius 1 is 1.38 bits per heavy atom. The first-order valence-corrected chi connectivity index (χ1v) is 7.63. The van der Waals surface area contributed by atoms with Gasteiger partial charge in [0.1, 0.15) is 11.8 Å². The molecular weight excluding hydrogens is 330 g/mol. The monoisotopic (exact) mass is 341 g/mol. The Balaban J connectivity index is 1.96. The average molecular weight is 341 g/mol. The van der Waals surface area contributed by atoms with Crippen LogP contribution in [0, 0.1) is 28.4 Å². The van der Waals surface area contributed by atoms with Gasteiger partial charge in [0.25, 0.3) is 5.69 Å². The predicted molar refractivity (Wildman–Crippen MR) is 85.4 cm³/mol. The predicted octanol–water partition coefficient (Wildman–Crippen LogP) is 3.31. The second-order valence-electron chi connectivity index (χ2n) is 4.91. The Kier molecular flexibility index (Phi) is 4.05. The summed E-state index contributed by atoms with van der Waals surface area (Å²) in [6.07, 6.45) is 1.58. The summed E-state index contributed by atoms with van der Waals surface area (Å²) in [4.78, 5) is 10.9. The number of nitriles is 1. The summed E-state index contributed by atoms with van der Waals surface area (Å²) in [5.41, 5.74) is 0.933. The van der Waals surface area contributed by atoms with Crippen LogP contribution in [-0.4, -0.2) is 19.7 Å². The zero-order valence-corrected chi connectivity index (χ0v) is 13.6. The third-order valence-electron chi connectivity index (χ3n) is 3.43. The molecule has 0 aliphatic carbocycles. The molecule has 3 rings (SSSR count). The quantitative estimate of drug-likeness (QED) is 0.528. The number of aromatic nitrogens is 3. The smallest absolute Gasteiger partial charge is 0.270 e. The van der Waals surface area contributed by atoms with Gasteiger partial charge in [-0.15, -0.1) is 10.2 Å². The normalized spacial score (nSPS) is 10.5. The van der Waals surface area contributed by atoms with Crippen LogP contribution >= 0.6 is 11.8 Å². The summed E-state index contributed by atoms with van der Waals surface area (Å²) in [6, 6.07) is 7.93. The van der Waals surface area contributed by atoms with Crippen molar-refractivity contribution in [3.63, 3.8) is 0 Å². The minimum atomic E-state index is -0.530. The molecule has 0 spiro atoms. The molecule has 0 unspecified atom stereocenters. The number of hydrogen-bond acceptors (Lipinski definition) is 7. The maximum atomic E-state index is 10.8. The highest BCUT2D eigenvalue weighted by molar-refractivity contribution is 7.99. The fourth-order valence-corrected chi connectivity index (χ4v) is 3.01. The van der Waals surface area contributed by atoms with Crippen LogP contribution in [0.4, 0.5) is 5.69 Å². The van der Waals surface area contributed by atoms with E-state index in [1.54, 1.807) is 23.0 Å². The number of hydrogen-bond donors (Lipinski definition) is 0.